The Hall–Kier alpha value is -1.26. The molecule has 4 nitrogen and oxygen atoms in total. The average Bonchev–Trinajstić information content (AvgIpc) is 2.24. The van der Waals surface area contributed by atoms with E-state index >= 15 is 0 Å². The molecule has 0 saturated heterocycles. The number of benzene rings is 1. The second-order valence-corrected chi connectivity index (χ2v) is 4.06. The van der Waals surface area contributed by atoms with Crippen LogP contribution in [0.1, 0.15) is 5.56 Å². The van der Waals surface area contributed by atoms with E-state index in [0.29, 0.717) is 11.5 Å². The van der Waals surface area contributed by atoms with Gasteiger partial charge in [-0.1, -0.05) is 0 Å². The largest absolute Gasteiger partial charge is 0.484 e. The molecule has 6 heteroatoms. The number of rotatable bonds is 6. The number of hydrogen-bond acceptors (Lipinski definition) is 4. The zero-order valence-corrected chi connectivity index (χ0v) is 10.5. The fourth-order valence-electron chi connectivity index (χ4n) is 1.15. The van der Waals surface area contributed by atoms with Crippen LogP contribution in [0.2, 0.25) is 0 Å². The molecule has 1 aromatic rings. The van der Waals surface area contributed by atoms with E-state index < -0.39 is 10.5 Å². The maximum absolute atomic E-state index is 10.5. The van der Waals surface area contributed by atoms with Crippen LogP contribution in [0.3, 0.4) is 0 Å². The van der Waals surface area contributed by atoms with Gasteiger partial charge in [0.05, 0.1) is 0 Å². The van der Waals surface area contributed by atoms with Gasteiger partial charge >= 0.3 is 0 Å². The molecular weight excluding hydrogens is 267 g/mol. The van der Waals surface area contributed by atoms with Crippen LogP contribution in [-0.2, 0) is 9.59 Å². The maximum Gasteiger partial charge on any atom is 0.259 e. The lowest BCUT2D eigenvalue weighted by atomic mass is 10.2. The van der Waals surface area contributed by atoms with Crippen LogP contribution >= 0.6 is 23.2 Å². The van der Waals surface area contributed by atoms with Gasteiger partial charge in [-0.2, -0.15) is 0 Å². The van der Waals surface area contributed by atoms with E-state index in [2.05, 4.69) is 0 Å². The highest BCUT2D eigenvalue weighted by Crippen LogP contribution is 2.23. The molecule has 0 aliphatic heterocycles. The van der Waals surface area contributed by atoms with Gasteiger partial charge in [0.2, 0.25) is 0 Å². The zero-order chi connectivity index (χ0) is 12.8. The lowest BCUT2D eigenvalue weighted by Crippen LogP contribution is -2.06. The average molecular weight is 277 g/mol. The molecule has 92 valence electrons. The molecule has 0 atom stereocenters. The summed E-state index contributed by atoms with van der Waals surface area (Å²) in [4.78, 5) is 21.0. The summed E-state index contributed by atoms with van der Waals surface area (Å²) < 4.78 is 10.2. The van der Waals surface area contributed by atoms with Crippen LogP contribution in [0.5, 0.6) is 11.5 Å². The standard InChI is InChI=1S/C11H10Cl2O4/c1-7-4-8(16-5-10(12)14)2-3-9(7)17-6-11(13)15/h2-4H,5-6H2,1H3. The Bertz CT molecular complexity index is 431. The summed E-state index contributed by atoms with van der Waals surface area (Å²) in [6, 6.07) is 4.91. The molecular formula is C11H10Cl2O4. The molecule has 1 rings (SSSR count). The Morgan fingerprint density at radius 2 is 1.71 bits per heavy atom. The Morgan fingerprint density at radius 1 is 1.12 bits per heavy atom. The quantitative estimate of drug-likeness (QED) is 0.748. The Kier molecular flexibility index (Phi) is 5.25. The van der Waals surface area contributed by atoms with Crippen LogP contribution in [-0.4, -0.2) is 23.7 Å². The van der Waals surface area contributed by atoms with Crippen LogP contribution < -0.4 is 9.47 Å². The zero-order valence-electron chi connectivity index (χ0n) is 9.04. The number of hydrogen-bond donors (Lipinski definition) is 0. The first-order valence-electron chi connectivity index (χ1n) is 4.72. The van der Waals surface area contributed by atoms with E-state index in [9.17, 15) is 9.59 Å². The summed E-state index contributed by atoms with van der Waals surface area (Å²) in [5.41, 5.74) is 0.766. The van der Waals surface area contributed by atoms with Crippen LogP contribution in [0.25, 0.3) is 0 Å². The van der Waals surface area contributed by atoms with Gasteiger partial charge in [0.15, 0.2) is 13.2 Å². The van der Waals surface area contributed by atoms with Crippen molar-refractivity contribution in [2.75, 3.05) is 13.2 Å². The number of halogens is 2. The van der Waals surface area contributed by atoms with Gasteiger partial charge < -0.3 is 9.47 Å². The SMILES string of the molecule is Cc1cc(OCC(=O)Cl)ccc1OCC(=O)Cl. The fraction of sp³-hybridized carbons (Fsp3) is 0.273. The maximum atomic E-state index is 10.5. The monoisotopic (exact) mass is 276 g/mol. The molecule has 0 bridgehead atoms. The second-order valence-electron chi connectivity index (χ2n) is 3.21. The number of aryl methyl sites for hydroxylation is 1. The van der Waals surface area contributed by atoms with Gasteiger partial charge in [0, 0.05) is 0 Å². The topological polar surface area (TPSA) is 52.6 Å². The van der Waals surface area contributed by atoms with Gasteiger partial charge in [-0.05, 0) is 53.9 Å². The molecule has 0 radical (unpaired) electrons. The molecule has 0 fully saturated rings. The van der Waals surface area contributed by atoms with Crippen molar-refractivity contribution in [3.05, 3.63) is 23.8 Å². The summed E-state index contributed by atoms with van der Waals surface area (Å²) in [6.45, 7) is 1.40. The van der Waals surface area contributed by atoms with Crippen molar-refractivity contribution in [1.29, 1.82) is 0 Å². The molecule has 17 heavy (non-hydrogen) atoms. The summed E-state index contributed by atoms with van der Waals surface area (Å²) in [6.07, 6.45) is 0. The van der Waals surface area contributed by atoms with Crippen molar-refractivity contribution in [2.45, 2.75) is 6.92 Å². The highest BCUT2D eigenvalue weighted by atomic mass is 35.5. The molecule has 0 aliphatic rings. The highest BCUT2D eigenvalue weighted by molar-refractivity contribution is 6.64. The van der Waals surface area contributed by atoms with Crippen molar-refractivity contribution in [1.82, 2.24) is 0 Å². The first-order chi connectivity index (χ1) is 7.99. The molecule has 0 heterocycles. The number of carbonyl (C=O) groups excluding carboxylic acids is 2. The fourth-order valence-corrected chi connectivity index (χ4v) is 1.26. The van der Waals surface area contributed by atoms with Gasteiger partial charge in [-0.15, -0.1) is 0 Å². The predicted octanol–water partition coefficient (Wildman–Crippen LogP) is 2.28. The Labute approximate surface area is 108 Å². The first-order valence-corrected chi connectivity index (χ1v) is 5.47. The second kappa shape index (κ2) is 6.47. The molecule has 0 amide bonds. The third-order valence-electron chi connectivity index (χ3n) is 1.84. The molecule has 0 N–H and O–H groups in total. The van der Waals surface area contributed by atoms with E-state index in [-0.39, 0.29) is 13.2 Å². The van der Waals surface area contributed by atoms with Gasteiger partial charge in [0.25, 0.3) is 10.5 Å². The highest BCUT2D eigenvalue weighted by Gasteiger charge is 2.05. The predicted molar refractivity (Wildman–Crippen MR) is 63.9 cm³/mol. The van der Waals surface area contributed by atoms with Crippen molar-refractivity contribution in [2.24, 2.45) is 0 Å². The van der Waals surface area contributed by atoms with E-state index in [1.807, 2.05) is 0 Å². The third kappa shape index (κ3) is 5.06. The van der Waals surface area contributed by atoms with Crippen molar-refractivity contribution < 1.29 is 19.1 Å². The normalized spacial score (nSPS) is 9.82. The minimum Gasteiger partial charge on any atom is -0.484 e. The van der Waals surface area contributed by atoms with Crippen LogP contribution in [0.15, 0.2) is 18.2 Å². The van der Waals surface area contributed by atoms with E-state index in [4.69, 9.17) is 32.7 Å². The lowest BCUT2D eigenvalue weighted by Gasteiger charge is -2.09. The Balaban J connectivity index is 2.65. The Morgan fingerprint density at radius 3 is 2.24 bits per heavy atom. The van der Waals surface area contributed by atoms with E-state index in [1.165, 1.54) is 0 Å². The minimum absolute atomic E-state index is 0.192. The van der Waals surface area contributed by atoms with E-state index in [0.717, 1.165) is 5.56 Å². The summed E-state index contributed by atoms with van der Waals surface area (Å²) in [7, 11) is 0. The third-order valence-corrected chi connectivity index (χ3v) is 2.06. The van der Waals surface area contributed by atoms with Gasteiger partial charge in [0.1, 0.15) is 11.5 Å². The van der Waals surface area contributed by atoms with Crippen LogP contribution in [0, 0.1) is 6.92 Å². The number of carbonyl (C=O) groups is 2. The van der Waals surface area contributed by atoms with Crippen LogP contribution in [0.4, 0.5) is 0 Å². The molecule has 1 aromatic carbocycles. The number of ether oxygens (including phenoxy) is 2. The van der Waals surface area contributed by atoms with Crippen molar-refractivity contribution in [3.63, 3.8) is 0 Å². The van der Waals surface area contributed by atoms with E-state index in [1.54, 1.807) is 25.1 Å². The van der Waals surface area contributed by atoms with Crippen molar-refractivity contribution >= 4 is 33.7 Å². The summed E-state index contributed by atoms with van der Waals surface area (Å²) in [5, 5.41) is -1.15. The van der Waals surface area contributed by atoms with Crippen molar-refractivity contribution in [3.8, 4) is 11.5 Å². The molecule has 0 spiro atoms. The molecule has 0 saturated carbocycles. The minimum atomic E-state index is -0.573. The smallest absolute Gasteiger partial charge is 0.259 e. The first kappa shape index (κ1) is 13.8. The lowest BCUT2D eigenvalue weighted by molar-refractivity contribution is -0.114. The summed E-state index contributed by atoms with van der Waals surface area (Å²) in [5.74, 6) is 1.03. The van der Waals surface area contributed by atoms with Gasteiger partial charge in [-0.25, -0.2) is 0 Å². The molecule has 0 aromatic heterocycles. The summed E-state index contributed by atoms with van der Waals surface area (Å²) >= 11 is 10.3. The molecule has 0 aliphatic carbocycles. The van der Waals surface area contributed by atoms with Gasteiger partial charge in [-0.3, -0.25) is 9.59 Å². The molecule has 0 unspecified atom stereocenters.